The highest BCUT2D eigenvalue weighted by Crippen LogP contribution is 2.11. The molecule has 1 unspecified atom stereocenters. The number of aromatic nitrogens is 1. The summed E-state index contributed by atoms with van der Waals surface area (Å²) in [4.78, 5) is 38.7. The summed E-state index contributed by atoms with van der Waals surface area (Å²) in [5, 5.41) is 6.11. The monoisotopic (exact) mass is 391 g/mol. The summed E-state index contributed by atoms with van der Waals surface area (Å²) in [6.07, 6.45) is 0.393. The highest BCUT2D eigenvalue weighted by Gasteiger charge is 2.28. The number of aromatic amines is 1. The number of hydrogen-bond donors (Lipinski definition) is 3. The first kappa shape index (κ1) is 19.1. The molecule has 1 aliphatic heterocycles. The lowest BCUT2D eigenvalue weighted by Gasteiger charge is -2.11. The second-order valence-corrected chi connectivity index (χ2v) is 8.88. The lowest BCUT2D eigenvalue weighted by Crippen LogP contribution is -2.38. The number of rotatable bonds is 6. The molecule has 0 radical (unpaired) electrons. The summed E-state index contributed by atoms with van der Waals surface area (Å²) in [6.45, 7) is 0.121. The van der Waals surface area contributed by atoms with E-state index >= 15 is 0 Å². The fraction of sp³-hybridized carbons (Fsp3) is 0.389. The molecule has 144 valence electrons. The number of hydrogen-bond acceptors (Lipinski definition) is 5. The molecule has 9 heteroatoms. The van der Waals surface area contributed by atoms with E-state index < -0.39 is 9.84 Å². The number of fused-ring (bicyclic) bond motifs is 1. The molecule has 2 aromatic rings. The molecule has 3 N–H and O–H groups in total. The van der Waals surface area contributed by atoms with Crippen LogP contribution in [0.15, 0.2) is 35.1 Å². The van der Waals surface area contributed by atoms with Crippen molar-refractivity contribution in [3.8, 4) is 0 Å². The lowest BCUT2D eigenvalue weighted by molar-refractivity contribution is -0.122. The molecule has 0 aliphatic carbocycles. The van der Waals surface area contributed by atoms with Crippen LogP contribution in [0.2, 0.25) is 0 Å². The maximum atomic E-state index is 12.0. The van der Waals surface area contributed by atoms with E-state index in [1.807, 2.05) is 18.2 Å². The van der Waals surface area contributed by atoms with Crippen LogP contribution in [-0.4, -0.2) is 49.3 Å². The van der Waals surface area contributed by atoms with Gasteiger partial charge in [0.2, 0.25) is 11.8 Å². The van der Waals surface area contributed by atoms with Crippen molar-refractivity contribution >= 4 is 32.6 Å². The Morgan fingerprint density at radius 3 is 2.70 bits per heavy atom. The van der Waals surface area contributed by atoms with Gasteiger partial charge >= 0.3 is 0 Å². The summed E-state index contributed by atoms with van der Waals surface area (Å²) in [5.41, 5.74) is 0.744. The summed E-state index contributed by atoms with van der Waals surface area (Å²) in [6, 6.07) is 8.63. The number of amides is 2. The molecule has 0 bridgehead atoms. The van der Waals surface area contributed by atoms with Crippen molar-refractivity contribution < 1.29 is 18.0 Å². The van der Waals surface area contributed by atoms with Crippen molar-refractivity contribution in [2.24, 2.45) is 0 Å². The quantitative estimate of drug-likeness (QED) is 0.633. The minimum atomic E-state index is -3.05. The average molecular weight is 391 g/mol. The van der Waals surface area contributed by atoms with Crippen LogP contribution >= 0.6 is 0 Å². The van der Waals surface area contributed by atoms with Gasteiger partial charge in [-0.25, -0.2) is 8.42 Å². The van der Waals surface area contributed by atoms with Crippen LogP contribution in [-0.2, 0) is 25.8 Å². The second kappa shape index (κ2) is 7.91. The highest BCUT2D eigenvalue weighted by atomic mass is 32.2. The van der Waals surface area contributed by atoms with E-state index in [2.05, 4.69) is 15.6 Å². The Morgan fingerprint density at radius 1 is 1.19 bits per heavy atom. The molecule has 1 aromatic heterocycles. The Balaban J connectivity index is 1.47. The van der Waals surface area contributed by atoms with E-state index in [0.29, 0.717) is 17.5 Å². The third kappa shape index (κ3) is 5.16. The van der Waals surface area contributed by atoms with Gasteiger partial charge in [0.15, 0.2) is 9.84 Å². The van der Waals surface area contributed by atoms with Gasteiger partial charge in [-0.15, -0.1) is 0 Å². The Bertz CT molecular complexity index is 1030. The van der Waals surface area contributed by atoms with Gasteiger partial charge in [-0.05, 0) is 23.9 Å². The molecule has 1 fully saturated rings. The van der Waals surface area contributed by atoms with Crippen LogP contribution in [0.1, 0.15) is 18.4 Å². The van der Waals surface area contributed by atoms with Crippen molar-refractivity contribution in [3.63, 3.8) is 0 Å². The Hall–Kier alpha value is -2.68. The molecular formula is C18H21N3O5S. The summed E-state index contributed by atoms with van der Waals surface area (Å²) in [5.74, 6) is -0.599. The number of benzene rings is 1. The van der Waals surface area contributed by atoms with Gasteiger partial charge in [-0.2, -0.15) is 0 Å². The van der Waals surface area contributed by atoms with Crippen LogP contribution in [0.5, 0.6) is 0 Å². The first-order valence-electron chi connectivity index (χ1n) is 8.70. The van der Waals surface area contributed by atoms with Crippen molar-refractivity contribution in [2.75, 3.05) is 18.1 Å². The molecule has 8 nitrogen and oxygen atoms in total. The van der Waals surface area contributed by atoms with E-state index in [4.69, 9.17) is 0 Å². The van der Waals surface area contributed by atoms with Gasteiger partial charge in [0, 0.05) is 30.1 Å². The molecule has 1 aromatic carbocycles. The number of carbonyl (C=O) groups is 2. The number of H-pyrrole nitrogens is 1. The van der Waals surface area contributed by atoms with Gasteiger partial charge in [-0.1, -0.05) is 18.2 Å². The highest BCUT2D eigenvalue weighted by molar-refractivity contribution is 7.91. The van der Waals surface area contributed by atoms with Gasteiger partial charge in [0.1, 0.15) is 0 Å². The van der Waals surface area contributed by atoms with Crippen LogP contribution in [0.4, 0.5) is 0 Å². The van der Waals surface area contributed by atoms with Gasteiger partial charge in [0.25, 0.3) is 5.56 Å². The van der Waals surface area contributed by atoms with Gasteiger partial charge in [-0.3, -0.25) is 14.4 Å². The minimum Gasteiger partial charge on any atom is -0.355 e. The van der Waals surface area contributed by atoms with Crippen LogP contribution < -0.4 is 16.2 Å². The summed E-state index contributed by atoms with van der Waals surface area (Å²) in [7, 11) is -3.05. The molecule has 27 heavy (non-hydrogen) atoms. The van der Waals surface area contributed by atoms with Crippen molar-refractivity contribution in [3.05, 3.63) is 46.2 Å². The molecule has 1 aliphatic rings. The first-order chi connectivity index (χ1) is 12.8. The molecule has 1 saturated heterocycles. The van der Waals surface area contributed by atoms with Crippen molar-refractivity contribution in [1.29, 1.82) is 0 Å². The maximum Gasteiger partial charge on any atom is 0.252 e. The third-order valence-corrected chi connectivity index (χ3v) is 6.22. The Labute approximate surface area is 156 Å². The van der Waals surface area contributed by atoms with Crippen LogP contribution in [0.25, 0.3) is 10.9 Å². The predicted molar refractivity (Wildman–Crippen MR) is 101 cm³/mol. The average Bonchev–Trinajstić information content (AvgIpc) is 2.94. The number of carbonyl (C=O) groups excluding carboxylic acids is 2. The standard InChI is InChI=1S/C18H21N3O5S/c22-16(20-14-6-8-27(25,26)11-14)5-7-19-17(23)10-13-9-12-3-1-2-4-15(12)21-18(13)24/h1-4,9,14H,5-8,10-11H2,(H,19,23)(H,20,22)(H,21,24). The Morgan fingerprint density at radius 2 is 1.96 bits per heavy atom. The molecule has 2 heterocycles. The lowest BCUT2D eigenvalue weighted by atomic mass is 10.1. The zero-order chi connectivity index (χ0) is 19.4. The van der Waals surface area contributed by atoms with Gasteiger partial charge < -0.3 is 15.6 Å². The molecule has 0 saturated carbocycles. The topological polar surface area (TPSA) is 125 Å². The predicted octanol–water partition coefficient (Wildman–Crippen LogP) is -0.120. The van der Waals surface area contributed by atoms with Crippen molar-refractivity contribution in [2.45, 2.75) is 25.3 Å². The number of pyridine rings is 1. The number of nitrogens with one attached hydrogen (secondary N) is 3. The molecule has 2 amide bonds. The largest absolute Gasteiger partial charge is 0.355 e. The molecule has 0 spiro atoms. The normalized spacial score (nSPS) is 18.3. The fourth-order valence-electron chi connectivity index (χ4n) is 3.08. The van der Waals surface area contributed by atoms with Crippen LogP contribution in [0, 0.1) is 0 Å². The van der Waals surface area contributed by atoms with E-state index in [1.165, 1.54) is 0 Å². The fourth-order valence-corrected chi connectivity index (χ4v) is 4.76. The van der Waals surface area contributed by atoms with E-state index in [9.17, 15) is 22.8 Å². The Kier molecular flexibility index (Phi) is 5.59. The van der Waals surface area contributed by atoms with Gasteiger partial charge in [0.05, 0.1) is 17.9 Å². The third-order valence-electron chi connectivity index (χ3n) is 4.45. The van der Waals surface area contributed by atoms with Crippen molar-refractivity contribution in [1.82, 2.24) is 15.6 Å². The second-order valence-electron chi connectivity index (χ2n) is 6.66. The number of sulfone groups is 1. The maximum absolute atomic E-state index is 12.0. The van der Waals surface area contributed by atoms with E-state index in [0.717, 1.165) is 5.39 Å². The molecular weight excluding hydrogens is 370 g/mol. The number of para-hydroxylation sites is 1. The zero-order valence-corrected chi connectivity index (χ0v) is 15.5. The summed E-state index contributed by atoms with van der Waals surface area (Å²) >= 11 is 0. The molecule has 1 atom stereocenters. The minimum absolute atomic E-state index is 0.0319. The molecule has 3 rings (SSSR count). The van der Waals surface area contributed by atoms with E-state index in [-0.39, 0.29) is 54.3 Å². The summed E-state index contributed by atoms with van der Waals surface area (Å²) < 4.78 is 22.7. The van der Waals surface area contributed by atoms with E-state index in [1.54, 1.807) is 12.1 Å². The SMILES string of the molecule is O=C(Cc1cc2ccccc2[nH]c1=O)NCCC(=O)NC1CCS(=O)(=O)C1. The first-order valence-corrected chi connectivity index (χ1v) is 10.5. The van der Waals surface area contributed by atoms with Crippen LogP contribution in [0.3, 0.4) is 0 Å². The zero-order valence-electron chi connectivity index (χ0n) is 14.7. The smallest absolute Gasteiger partial charge is 0.252 e.